The molecule has 2 rings (SSSR count). The number of unbranched alkanes of at least 4 members (excludes halogenated alkanes) is 1. The summed E-state index contributed by atoms with van der Waals surface area (Å²) < 4.78 is 7.84. The zero-order valence-electron chi connectivity index (χ0n) is 11.7. The highest BCUT2D eigenvalue weighted by Gasteiger charge is 2.20. The highest BCUT2D eigenvalue weighted by Crippen LogP contribution is 2.31. The fourth-order valence-electron chi connectivity index (χ4n) is 1.79. The van der Waals surface area contributed by atoms with Gasteiger partial charge in [-0.15, -0.1) is 0 Å². The molecular formula is C13H13N4O4S-. The van der Waals surface area contributed by atoms with Gasteiger partial charge in [-0.3, -0.25) is 14.9 Å². The number of aromatic nitrogens is 2. The molecule has 0 aliphatic rings. The van der Waals surface area contributed by atoms with Gasteiger partial charge in [-0.1, -0.05) is 25.2 Å². The maximum Gasteiger partial charge on any atom is 0.273 e. The smallest absolute Gasteiger partial charge is 0.273 e. The fourth-order valence-corrected chi connectivity index (χ4v) is 2.35. The Morgan fingerprint density at radius 2 is 2.18 bits per heavy atom. The Morgan fingerprint density at radius 3 is 2.86 bits per heavy atom. The van der Waals surface area contributed by atoms with Gasteiger partial charge >= 0.3 is 0 Å². The third-order valence-corrected chi connectivity index (χ3v) is 3.48. The summed E-state index contributed by atoms with van der Waals surface area (Å²) in [5, 5.41) is 25.4. The minimum atomic E-state index is -0.607. The lowest BCUT2D eigenvalue weighted by atomic mass is 10.1. The average molecular weight is 321 g/mol. The van der Waals surface area contributed by atoms with Crippen molar-refractivity contribution in [3.05, 3.63) is 34.0 Å². The van der Waals surface area contributed by atoms with E-state index in [1.807, 2.05) is 6.92 Å². The van der Waals surface area contributed by atoms with Crippen LogP contribution in [0.4, 0.5) is 5.69 Å². The molecule has 0 spiro atoms. The highest BCUT2D eigenvalue weighted by atomic mass is 32.1. The van der Waals surface area contributed by atoms with E-state index in [-0.39, 0.29) is 22.6 Å². The molecule has 1 amide bonds. The minimum Gasteiger partial charge on any atom is -0.872 e. The van der Waals surface area contributed by atoms with Crippen LogP contribution < -0.4 is 10.4 Å². The van der Waals surface area contributed by atoms with Crippen molar-refractivity contribution in [3.8, 4) is 17.0 Å². The normalized spacial score (nSPS) is 10.4. The second-order valence-corrected chi connectivity index (χ2v) is 5.04. The number of rotatable bonds is 6. The molecule has 0 saturated heterocycles. The maximum atomic E-state index is 12.1. The molecule has 1 heterocycles. The molecule has 0 saturated carbocycles. The third-order valence-electron chi connectivity index (χ3n) is 2.95. The van der Waals surface area contributed by atoms with Crippen molar-refractivity contribution in [2.24, 2.45) is 0 Å². The van der Waals surface area contributed by atoms with Crippen LogP contribution in [-0.4, -0.2) is 26.1 Å². The van der Waals surface area contributed by atoms with Gasteiger partial charge in [0, 0.05) is 24.2 Å². The van der Waals surface area contributed by atoms with Crippen LogP contribution in [0, 0.1) is 10.1 Å². The molecule has 2 aromatic rings. The van der Waals surface area contributed by atoms with E-state index < -0.39 is 16.6 Å². The lowest BCUT2D eigenvalue weighted by Crippen LogP contribution is -2.25. The number of non-ortho nitro benzene ring substituents is 1. The number of nitrogens with one attached hydrogen (secondary N) is 1. The zero-order valence-corrected chi connectivity index (χ0v) is 12.6. The van der Waals surface area contributed by atoms with Crippen LogP contribution in [0.1, 0.15) is 30.3 Å². The Kier molecular flexibility index (Phi) is 4.99. The summed E-state index contributed by atoms with van der Waals surface area (Å²) in [5.74, 6) is -0.885. The summed E-state index contributed by atoms with van der Waals surface area (Å²) in [5.41, 5.74) is -0.144. The van der Waals surface area contributed by atoms with E-state index in [9.17, 15) is 20.0 Å². The van der Waals surface area contributed by atoms with Gasteiger partial charge in [-0.05, 0) is 6.42 Å². The predicted molar refractivity (Wildman–Crippen MR) is 78.7 cm³/mol. The maximum absolute atomic E-state index is 12.1. The van der Waals surface area contributed by atoms with Crippen LogP contribution in [-0.2, 0) is 0 Å². The Morgan fingerprint density at radius 1 is 1.41 bits per heavy atom. The van der Waals surface area contributed by atoms with Gasteiger partial charge in [0.05, 0.1) is 16.7 Å². The Hall–Kier alpha value is -2.55. The number of benzene rings is 1. The lowest BCUT2D eigenvalue weighted by Gasteiger charge is -2.11. The topological polar surface area (TPSA) is 121 Å². The van der Waals surface area contributed by atoms with Crippen molar-refractivity contribution >= 4 is 23.3 Å². The first-order chi connectivity index (χ1) is 10.5. The largest absolute Gasteiger partial charge is 0.872 e. The molecule has 0 unspecified atom stereocenters. The molecule has 0 radical (unpaired) electrons. The SMILES string of the molecule is CCCCNC(=O)c1nsnc1-c1cc([N+](=O)[O-])ccc1[O-]. The number of amides is 1. The van der Waals surface area contributed by atoms with Crippen molar-refractivity contribution in [1.82, 2.24) is 14.1 Å². The van der Waals surface area contributed by atoms with Crippen LogP contribution in [0.25, 0.3) is 11.3 Å². The molecule has 0 aliphatic heterocycles. The summed E-state index contributed by atoms with van der Waals surface area (Å²) in [6.07, 6.45) is 1.75. The van der Waals surface area contributed by atoms with Crippen LogP contribution in [0.5, 0.6) is 5.75 Å². The van der Waals surface area contributed by atoms with E-state index in [2.05, 4.69) is 14.1 Å². The zero-order chi connectivity index (χ0) is 16.1. The van der Waals surface area contributed by atoms with Crippen LogP contribution in [0.15, 0.2) is 18.2 Å². The van der Waals surface area contributed by atoms with Gasteiger partial charge in [0.25, 0.3) is 11.6 Å². The molecule has 0 bridgehead atoms. The summed E-state index contributed by atoms with van der Waals surface area (Å²) in [4.78, 5) is 22.3. The number of nitrogens with zero attached hydrogens (tertiary/aromatic N) is 3. The number of carbonyl (C=O) groups is 1. The van der Waals surface area contributed by atoms with E-state index >= 15 is 0 Å². The molecule has 9 heteroatoms. The average Bonchev–Trinajstić information content (AvgIpc) is 2.97. The summed E-state index contributed by atoms with van der Waals surface area (Å²) >= 11 is 0.782. The van der Waals surface area contributed by atoms with E-state index in [0.717, 1.165) is 42.8 Å². The molecule has 0 atom stereocenters. The van der Waals surface area contributed by atoms with Gasteiger partial charge < -0.3 is 10.4 Å². The monoisotopic (exact) mass is 321 g/mol. The summed E-state index contributed by atoms with van der Waals surface area (Å²) in [7, 11) is 0. The second kappa shape index (κ2) is 6.94. The van der Waals surface area contributed by atoms with Crippen molar-refractivity contribution in [2.45, 2.75) is 19.8 Å². The summed E-state index contributed by atoms with van der Waals surface area (Å²) in [6, 6.07) is 3.32. The predicted octanol–water partition coefficient (Wildman–Crippen LogP) is 1.72. The number of carbonyl (C=O) groups excluding carboxylic acids is 1. The quantitative estimate of drug-likeness (QED) is 0.491. The first kappa shape index (κ1) is 15.8. The van der Waals surface area contributed by atoms with Crippen LogP contribution in [0.2, 0.25) is 0 Å². The molecule has 1 aromatic carbocycles. The van der Waals surface area contributed by atoms with E-state index in [4.69, 9.17) is 0 Å². The molecule has 1 aromatic heterocycles. The number of hydrogen-bond acceptors (Lipinski definition) is 7. The Labute approximate surface area is 130 Å². The standard InChI is InChI=1S/C13H14N4O4S/c1-2-3-6-14-13(19)12-11(15-22-16-12)9-7-8(17(20)21)4-5-10(9)18/h4-5,7,18H,2-3,6H2,1H3,(H,14,19)/p-1. The van der Waals surface area contributed by atoms with Gasteiger partial charge in [-0.25, -0.2) is 0 Å². The van der Waals surface area contributed by atoms with E-state index in [1.165, 1.54) is 0 Å². The second-order valence-electron chi connectivity index (χ2n) is 4.51. The molecule has 0 aliphatic carbocycles. The van der Waals surface area contributed by atoms with E-state index in [1.54, 1.807) is 0 Å². The van der Waals surface area contributed by atoms with Gasteiger partial charge in [0.2, 0.25) is 0 Å². The number of hydrogen-bond donors (Lipinski definition) is 1. The van der Waals surface area contributed by atoms with Crippen molar-refractivity contribution in [1.29, 1.82) is 0 Å². The molecule has 8 nitrogen and oxygen atoms in total. The Balaban J connectivity index is 2.34. The molecule has 22 heavy (non-hydrogen) atoms. The number of nitro groups is 1. The summed E-state index contributed by atoms with van der Waals surface area (Å²) in [6.45, 7) is 2.49. The van der Waals surface area contributed by atoms with Crippen LogP contribution >= 0.6 is 11.7 Å². The lowest BCUT2D eigenvalue weighted by molar-refractivity contribution is -0.385. The Bertz CT molecular complexity index is 701. The first-order valence-corrected chi connectivity index (χ1v) is 7.34. The first-order valence-electron chi connectivity index (χ1n) is 6.61. The van der Waals surface area contributed by atoms with Crippen molar-refractivity contribution in [2.75, 3.05) is 6.54 Å². The van der Waals surface area contributed by atoms with Gasteiger partial charge in [-0.2, -0.15) is 8.75 Å². The molecule has 1 N–H and O–H groups in total. The van der Waals surface area contributed by atoms with E-state index in [0.29, 0.717) is 6.54 Å². The fraction of sp³-hybridized carbons (Fsp3) is 0.308. The number of nitro benzene ring substituents is 1. The highest BCUT2D eigenvalue weighted by molar-refractivity contribution is 6.99. The van der Waals surface area contributed by atoms with Gasteiger partial charge in [0.15, 0.2) is 5.69 Å². The molecule has 116 valence electrons. The van der Waals surface area contributed by atoms with Crippen molar-refractivity contribution in [3.63, 3.8) is 0 Å². The van der Waals surface area contributed by atoms with Crippen molar-refractivity contribution < 1.29 is 14.8 Å². The third kappa shape index (κ3) is 3.37. The van der Waals surface area contributed by atoms with Crippen LogP contribution in [0.3, 0.4) is 0 Å². The minimum absolute atomic E-state index is 0.00333. The molecular weight excluding hydrogens is 308 g/mol. The van der Waals surface area contributed by atoms with Gasteiger partial charge in [0.1, 0.15) is 5.69 Å². The molecule has 0 fully saturated rings.